The molecule has 1 N–H and O–H groups in total. The zero-order valence-electron chi connectivity index (χ0n) is 12.3. The highest BCUT2D eigenvalue weighted by Gasteiger charge is 2.11. The molecule has 1 aromatic carbocycles. The minimum absolute atomic E-state index is 0.518. The quantitative estimate of drug-likeness (QED) is 0.574. The van der Waals surface area contributed by atoms with Crippen LogP contribution in [0.5, 0.6) is 0 Å². The van der Waals surface area contributed by atoms with Crippen molar-refractivity contribution in [3.8, 4) is 11.5 Å². The topological polar surface area (TPSA) is 76.7 Å². The van der Waals surface area contributed by atoms with Gasteiger partial charge in [-0.25, -0.2) is 0 Å². The van der Waals surface area contributed by atoms with E-state index in [-0.39, 0.29) is 0 Å². The Labute approximate surface area is 150 Å². The van der Waals surface area contributed by atoms with Crippen molar-refractivity contribution in [1.82, 2.24) is 20.4 Å². The number of benzene rings is 1. The van der Waals surface area contributed by atoms with Crippen molar-refractivity contribution >= 4 is 44.2 Å². The predicted octanol–water partition coefficient (Wildman–Crippen LogP) is 4.46. The first-order valence-electron chi connectivity index (χ1n) is 7.03. The molecular formula is C14H14BrN5OS2. The van der Waals surface area contributed by atoms with Crippen LogP contribution in [-0.2, 0) is 5.75 Å². The van der Waals surface area contributed by atoms with Crippen LogP contribution in [0.25, 0.3) is 11.5 Å². The molecule has 0 saturated carbocycles. The molecule has 9 heteroatoms. The van der Waals surface area contributed by atoms with Gasteiger partial charge in [0.2, 0.25) is 16.9 Å². The molecule has 0 bridgehead atoms. The van der Waals surface area contributed by atoms with E-state index in [0.29, 0.717) is 17.5 Å². The van der Waals surface area contributed by atoms with Crippen molar-refractivity contribution in [3.05, 3.63) is 34.6 Å². The highest BCUT2D eigenvalue weighted by atomic mass is 79.9. The normalized spacial score (nSPS) is 10.9. The third-order valence-electron chi connectivity index (χ3n) is 2.79. The van der Waals surface area contributed by atoms with Crippen molar-refractivity contribution in [2.24, 2.45) is 0 Å². The summed E-state index contributed by atoms with van der Waals surface area (Å²) in [6, 6.07) is 7.77. The number of hydrogen-bond acceptors (Lipinski definition) is 8. The van der Waals surface area contributed by atoms with Gasteiger partial charge in [0.25, 0.3) is 0 Å². The molecular weight excluding hydrogens is 398 g/mol. The third kappa shape index (κ3) is 4.52. The third-order valence-corrected chi connectivity index (χ3v) is 5.28. The van der Waals surface area contributed by atoms with Crippen LogP contribution in [0.1, 0.15) is 19.2 Å². The summed E-state index contributed by atoms with van der Waals surface area (Å²) in [4.78, 5) is 0. The maximum atomic E-state index is 5.70. The van der Waals surface area contributed by atoms with Crippen LogP contribution in [0.4, 0.5) is 5.13 Å². The van der Waals surface area contributed by atoms with Crippen LogP contribution in [0.15, 0.2) is 37.5 Å². The van der Waals surface area contributed by atoms with Crippen molar-refractivity contribution in [1.29, 1.82) is 0 Å². The van der Waals surface area contributed by atoms with Crippen LogP contribution in [0.3, 0.4) is 0 Å². The summed E-state index contributed by atoms with van der Waals surface area (Å²) in [6.07, 6.45) is 1.06. The molecule has 2 aromatic heterocycles. The lowest BCUT2D eigenvalue weighted by Gasteiger charge is -1.95. The minimum atomic E-state index is 0.518. The van der Waals surface area contributed by atoms with Gasteiger partial charge in [-0.15, -0.1) is 20.4 Å². The van der Waals surface area contributed by atoms with Crippen molar-refractivity contribution in [2.45, 2.75) is 23.4 Å². The van der Waals surface area contributed by atoms with Crippen molar-refractivity contribution in [2.75, 3.05) is 11.9 Å². The standard InChI is InChI=1S/C14H14BrN5OS2/c1-2-6-16-13-19-20-14(23-13)22-8-11-17-18-12(21-11)9-4-3-5-10(15)7-9/h3-5,7H,2,6,8H2,1H3,(H,16,19). The highest BCUT2D eigenvalue weighted by Crippen LogP contribution is 2.29. The number of nitrogens with one attached hydrogen (secondary N) is 1. The number of rotatable bonds is 7. The Morgan fingerprint density at radius 2 is 2.17 bits per heavy atom. The summed E-state index contributed by atoms with van der Waals surface area (Å²) in [6.45, 7) is 3.01. The van der Waals surface area contributed by atoms with Gasteiger partial charge in [-0.3, -0.25) is 0 Å². The average molecular weight is 412 g/mol. The fourth-order valence-electron chi connectivity index (χ4n) is 1.75. The van der Waals surface area contributed by atoms with Gasteiger partial charge in [0.15, 0.2) is 4.34 Å². The van der Waals surface area contributed by atoms with E-state index in [1.165, 1.54) is 23.1 Å². The molecule has 0 amide bonds. The number of thioether (sulfide) groups is 1. The van der Waals surface area contributed by atoms with E-state index in [9.17, 15) is 0 Å². The molecule has 0 fully saturated rings. The van der Waals surface area contributed by atoms with Gasteiger partial charge in [0, 0.05) is 16.6 Å². The zero-order valence-corrected chi connectivity index (χ0v) is 15.5. The van der Waals surface area contributed by atoms with Crippen LogP contribution in [-0.4, -0.2) is 26.9 Å². The average Bonchev–Trinajstić information content (AvgIpc) is 3.20. The van der Waals surface area contributed by atoms with Crippen LogP contribution in [0, 0.1) is 0 Å². The van der Waals surface area contributed by atoms with E-state index in [1.807, 2.05) is 24.3 Å². The molecule has 3 rings (SSSR count). The predicted molar refractivity (Wildman–Crippen MR) is 95.7 cm³/mol. The fraction of sp³-hybridized carbons (Fsp3) is 0.286. The van der Waals surface area contributed by atoms with Gasteiger partial charge in [0.05, 0.1) is 5.75 Å². The summed E-state index contributed by atoms with van der Waals surface area (Å²) < 4.78 is 7.55. The molecule has 0 aliphatic rings. The van der Waals surface area contributed by atoms with Crippen LogP contribution >= 0.6 is 39.0 Å². The monoisotopic (exact) mass is 411 g/mol. The second kappa shape index (κ2) is 7.89. The molecule has 0 aliphatic heterocycles. The lowest BCUT2D eigenvalue weighted by Crippen LogP contribution is -1.98. The van der Waals surface area contributed by atoms with Gasteiger partial charge >= 0.3 is 0 Å². The number of halogens is 1. The number of nitrogens with zero attached hydrogens (tertiary/aromatic N) is 4. The van der Waals surface area contributed by atoms with Gasteiger partial charge in [-0.1, -0.05) is 52.0 Å². The summed E-state index contributed by atoms with van der Waals surface area (Å²) in [5.41, 5.74) is 0.894. The Morgan fingerprint density at radius 3 is 3.00 bits per heavy atom. The molecule has 23 heavy (non-hydrogen) atoms. The Bertz CT molecular complexity index is 776. The first-order chi connectivity index (χ1) is 11.2. The van der Waals surface area contributed by atoms with Crippen molar-refractivity contribution < 1.29 is 4.42 Å². The Balaban J connectivity index is 1.60. The first-order valence-corrected chi connectivity index (χ1v) is 9.62. The lowest BCUT2D eigenvalue weighted by molar-refractivity contribution is 0.528. The van der Waals surface area contributed by atoms with Crippen molar-refractivity contribution in [3.63, 3.8) is 0 Å². The summed E-state index contributed by atoms with van der Waals surface area (Å²) in [5.74, 6) is 1.66. The first kappa shape index (κ1) is 16.4. The van der Waals surface area contributed by atoms with E-state index in [2.05, 4.69) is 48.6 Å². The van der Waals surface area contributed by atoms with E-state index >= 15 is 0 Å². The molecule has 3 aromatic rings. The van der Waals surface area contributed by atoms with E-state index in [0.717, 1.165) is 32.5 Å². The molecule has 0 saturated heterocycles. The van der Waals surface area contributed by atoms with Crippen LogP contribution < -0.4 is 5.32 Å². The molecule has 6 nitrogen and oxygen atoms in total. The summed E-state index contributed by atoms with van der Waals surface area (Å²) in [5, 5.41) is 20.5. The Hall–Kier alpha value is -1.45. The number of aromatic nitrogens is 4. The van der Waals surface area contributed by atoms with E-state index in [1.54, 1.807) is 0 Å². The number of anilines is 1. The maximum Gasteiger partial charge on any atom is 0.247 e. The summed E-state index contributed by atoms with van der Waals surface area (Å²) in [7, 11) is 0. The molecule has 120 valence electrons. The van der Waals surface area contributed by atoms with E-state index in [4.69, 9.17) is 4.42 Å². The van der Waals surface area contributed by atoms with E-state index < -0.39 is 0 Å². The smallest absolute Gasteiger partial charge is 0.247 e. The SMILES string of the molecule is CCCNc1nnc(SCc2nnc(-c3cccc(Br)c3)o2)s1. The van der Waals surface area contributed by atoms with Crippen LogP contribution in [0.2, 0.25) is 0 Å². The summed E-state index contributed by atoms with van der Waals surface area (Å²) >= 11 is 6.50. The molecule has 0 spiro atoms. The Morgan fingerprint density at radius 1 is 1.26 bits per heavy atom. The van der Waals surface area contributed by atoms with Gasteiger partial charge < -0.3 is 9.73 Å². The zero-order chi connectivity index (χ0) is 16.1. The van der Waals surface area contributed by atoms with Gasteiger partial charge in [-0.2, -0.15) is 0 Å². The maximum absolute atomic E-state index is 5.70. The highest BCUT2D eigenvalue weighted by molar-refractivity contribution is 9.10. The second-order valence-electron chi connectivity index (χ2n) is 4.60. The minimum Gasteiger partial charge on any atom is -0.420 e. The Kier molecular flexibility index (Phi) is 5.63. The molecule has 0 aliphatic carbocycles. The largest absolute Gasteiger partial charge is 0.420 e. The van der Waals surface area contributed by atoms with Gasteiger partial charge in [0.1, 0.15) is 0 Å². The number of hydrogen-bond donors (Lipinski definition) is 1. The molecule has 0 atom stereocenters. The molecule has 0 unspecified atom stereocenters. The molecule has 2 heterocycles. The second-order valence-corrected chi connectivity index (χ2v) is 7.72. The molecule has 0 radical (unpaired) electrons. The lowest BCUT2D eigenvalue weighted by atomic mass is 10.2. The van der Waals surface area contributed by atoms with Gasteiger partial charge in [-0.05, 0) is 24.6 Å². The fourth-order valence-corrected chi connectivity index (χ4v) is 3.76.